The molecule has 1 atom stereocenters. The molecule has 0 radical (unpaired) electrons. The Kier molecular flexibility index (Phi) is 5.49. The Labute approximate surface area is 142 Å². The summed E-state index contributed by atoms with van der Waals surface area (Å²) < 4.78 is 10.5. The van der Waals surface area contributed by atoms with Crippen molar-refractivity contribution in [1.29, 1.82) is 0 Å². The van der Waals surface area contributed by atoms with Crippen LogP contribution in [0.25, 0.3) is 0 Å². The third kappa shape index (κ3) is 4.06. The topological polar surface area (TPSA) is 76.1 Å². The molecule has 0 saturated carbocycles. The summed E-state index contributed by atoms with van der Waals surface area (Å²) in [5, 5.41) is 9.30. The van der Waals surface area contributed by atoms with Crippen LogP contribution >= 0.6 is 0 Å². The van der Waals surface area contributed by atoms with Gasteiger partial charge in [0.15, 0.2) is 0 Å². The Balaban J connectivity index is 2.32. The summed E-state index contributed by atoms with van der Waals surface area (Å²) in [6.07, 6.45) is 0.0894. The molecule has 132 valence electrons. The van der Waals surface area contributed by atoms with Crippen LogP contribution in [0.3, 0.4) is 0 Å². The minimum Gasteiger partial charge on any atom is -0.462 e. The Bertz CT molecular complexity index is 620. The molecule has 1 amide bonds. The fourth-order valence-electron chi connectivity index (χ4n) is 2.78. The fraction of sp³-hybridized carbons (Fsp3) is 0.556. The average Bonchev–Trinajstić information content (AvgIpc) is 2.84. The van der Waals surface area contributed by atoms with Crippen molar-refractivity contribution in [3.63, 3.8) is 0 Å². The lowest BCUT2D eigenvalue weighted by Gasteiger charge is -2.25. The van der Waals surface area contributed by atoms with E-state index in [-0.39, 0.29) is 12.5 Å². The van der Waals surface area contributed by atoms with Crippen LogP contribution in [-0.4, -0.2) is 42.5 Å². The SMILES string of the molecule is CCOC(=O)c1ccc2c(c1)C(CCO)CN2C(=O)OC(C)(C)C. The van der Waals surface area contributed by atoms with Crippen molar-refractivity contribution >= 4 is 17.7 Å². The number of aliphatic hydroxyl groups is 1. The first kappa shape index (κ1) is 18.3. The summed E-state index contributed by atoms with van der Waals surface area (Å²) in [6, 6.07) is 5.14. The van der Waals surface area contributed by atoms with Gasteiger partial charge >= 0.3 is 12.1 Å². The van der Waals surface area contributed by atoms with Gasteiger partial charge in [0.25, 0.3) is 0 Å². The first-order valence-electron chi connectivity index (χ1n) is 8.19. The van der Waals surface area contributed by atoms with E-state index in [9.17, 15) is 14.7 Å². The van der Waals surface area contributed by atoms with E-state index in [2.05, 4.69) is 0 Å². The summed E-state index contributed by atoms with van der Waals surface area (Å²) in [5.41, 5.74) is 1.44. The number of anilines is 1. The largest absolute Gasteiger partial charge is 0.462 e. The minimum absolute atomic E-state index is 0.00982. The highest BCUT2D eigenvalue weighted by atomic mass is 16.6. The number of hydrogen-bond donors (Lipinski definition) is 1. The van der Waals surface area contributed by atoms with Gasteiger partial charge in [0, 0.05) is 19.1 Å². The van der Waals surface area contributed by atoms with Gasteiger partial charge in [-0.1, -0.05) is 0 Å². The van der Waals surface area contributed by atoms with E-state index in [1.165, 1.54) is 0 Å². The highest BCUT2D eigenvalue weighted by Gasteiger charge is 2.35. The van der Waals surface area contributed by atoms with E-state index in [1.54, 1.807) is 30.0 Å². The van der Waals surface area contributed by atoms with Crippen molar-refractivity contribution in [3.8, 4) is 0 Å². The van der Waals surface area contributed by atoms with Gasteiger partial charge in [0.1, 0.15) is 5.60 Å². The number of amides is 1. The van der Waals surface area contributed by atoms with Crippen LogP contribution in [0.5, 0.6) is 0 Å². The zero-order valence-corrected chi connectivity index (χ0v) is 14.7. The smallest absolute Gasteiger partial charge is 0.414 e. The van der Waals surface area contributed by atoms with E-state index >= 15 is 0 Å². The highest BCUT2D eigenvalue weighted by molar-refractivity contribution is 5.94. The number of aliphatic hydroxyl groups excluding tert-OH is 1. The number of nitrogens with zero attached hydrogens (tertiary/aromatic N) is 1. The second-order valence-electron chi connectivity index (χ2n) is 6.79. The Morgan fingerprint density at radius 2 is 2.04 bits per heavy atom. The quantitative estimate of drug-likeness (QED) is 0.856. The summed E-state index contributed by atoms with van der Waals surface area (Å²) in [7, 11) is 0. The number of carbonyl (C=O) groups is 2. The van der Waals surface area contributed by atoms with Crippen molar-refractivity contribution in [2.45, 2.75) is 45.6 Å². The molecule has 6 nitrogen and oxygen atoms in total. The molecule has 6 heteroatoms. The van der Waals surface area contributed by atoms with E-state index < -0.39 is 17.7 Å². The summed E-state index contributed by atoms with van der Waals surface area (Å²) >= 11 is 0. The molecule has 1 heterocycles. The predicted molar refractivity (Wildman–Crippen MR) is 90.4 cm³/mol. The van der Waals surface area contributed by atoms with E-state index in [4.69, 9.17) is 9.47 Å². The van der Waals surface area contributed by atoms with Gasteiger partial charge in [0.05, 0.1) is 17.9 Å². The average molecular weight is 335 g/mol. The predicted octanol–water partition coefficient (Wildman–Crippen LogP) is 3.08. The monoisotopic (exact) mass is 335 g/mol. The molecule has 1 aromatic rings. The van der Waals surface area contributed by atoms with E-state index in [0.717, 1.165) is 11.3 Å². The van der Waals surface area contributed by atoms with E-state index in [1.807, 2.05) is 20.8 Å². The number of rotatable bonds is 4. The highest BCUT2D eigenvalue weighted by Crippen LogP contribution is 2.39. The maximum absolute atomic E-state index is 12.4. The lowest BCUT2D eigenvalue weighted by atomic mass is 9.96. The normalized spacial score (nSPS) is 16.7. The van der Waals surface area contributed by atoms with Crippen LogP contribution in [-0.2, 0) is 9.47 Å². The zero-order valence-electron chi connectivity index (χ0n) is 14.7. The standard InChI is InChI=1S/C18H25NO5/c1-5-23-16(21)12-6-7-15-14(10-12)13(8-9-20)11-19(15)17(22)24-18(2,3)4/h6-7,10,13,20H,5,8-9,11H2,1-4H3. The first-order chi connectivity index (χ1) is 11.3. The number of hydrogen-bond acceptors (Lipinski definition) is 5. The third-order valence-corrected chi connectivity index (χ3v) is 3.76. The van der Waals surface area contributed by atoms with Gasteiger partial charge in [-0.15, -0.1) is 0 Å². The van der Waals surface area contributed by atoms with Gasteiger partial charge in [-0.3, -0.25) is 4.90 Å². The fourth-order valence-corrected chi connectivity index (χ4v) is 2.78. The van der Waals surface area contributed by atoms with Crippen LogP contribution in [0.4, 0.5) is 10.5 Å². The molecule has 0 aromatic heterocycles. The van der Waals surface area contributed by atoms with Crippen molar-refractivity contribution in [2.24, 2.45) is 0 Å². The second-order valence-corrected chi connectivity index (χ2v) is 6.79. The molecule has 1 aliphatic heterocycles. The Morgan fingerprint density at radius 1 is 1.33 bits per heavy atom. The van der Waals surface area contributed by atoms with Crippen LogP contribution in [0.1, 0.15) is 56.0 Å². The van der Waals surface area contributed by atoms with Crippen molar-refractivity contribution in [2.75, 3.05) is 24.7 Å². The molecule has 1 unspecified atom stereocenters. The molecule has 1 N–H and O–H groups in total. The molecule has 0 spiro atoms. The number of fused-ring (bicyclic) bond motifs is 1. The molecule has 0 fully saturated rings. The molecule has 0 bridgehead atoms. The van der Waals surface area contributed by atoms with Gasteiger partial charge in [-0.2, -0.15) is 0 Å². The number of carbonyl (C=O) groups excluding carboxylic acids is 2. The van der Waals surface area contributed by atoms with Crippen LogP contribution in [0.2, 0.25) is 0 Å². The minimum atomic E-state index is -0.586. The first-order valence-corrected chi connectivity index (χ1v) is 8.19. The summed E-state index contributed by atoms with van der Waals surface area (Å²) in [4.78, 5) is 25.9. The van der Waals surface area contributed by atoms with Crippen LogP contribution < -0.4 is 4.90 Å². The van der Waals surface area contributed by atoms with Crippen molar-refractivity contribution < 1.29 is 24.2 Å². The molecular weight excluding hydrogens is 310 g/mol. The molecule has 0 saturated heterocycles. The molecule has 2 rings (SSSR count). The third-order valence-electron chi connectivity index (χ3n) is 3.76. The van der Waals surface area contributed by atoms with Gasteiger partial charge in [-0.05, 0) is 57.9 Å². The molecule has 1 aliphatic rings. The van der Waals surface area contributed by atoms with Crippen molar-refractivity contribution in [1.82, 2.24) is 0 Å². The van der Waals surface area contributed by atoms with Crippen molar-refractivity contribution in [3.05, 3.63) is 29.3 Å². The Hall–Kier alpha value is -2.08. The van der Waals surface area contributed by atoms with Gasteiger partial charge in [-0.25, -0.2) is 9.59 Å². The molecular formula is C18H25NO5. The van der Waals surface area contributed by atoms with Gasteiger partial charge in [0.2, 0.25) is 0 Å². The Morgan fingerprint density at radius 3 is 2.62 bits per heavy atom. The number of benzene rings is 1. The molecule has 1 aromatic carbocycles. The lowest BCUT2D eigenvalue weighted by Crippen LogP contribution is -2.36. The summed E-state index contributed by atoms with van der Waals surface area (Å²) in [6.45, 7) is 7.95. The maximum Gasteiger partial charge on any atom is 0.414 e. The van der Waals surface area contributed by atoms with E-state index in [0.29, 0.717) is 25.1 Å². The second kappa shape index (κ2) is 7.21. The lowest BCUT2D eigenvalue weighted by molar-refractivity contribution is 0.0525. The van der Waals surface area contributed by atoms with Crippen LogP contribution in [0, 0.1) is 0 Å². The summed E-state index contributed by atoms with van der Waals surface area (Å²) in [5.74, 6) is -0.425. The number of ether oxygens (including phenoxy) is 2. The van der Waals surface area contributed by atoms with Crippen LogP contribution in [0.15, 0.2) is 18.2 Å². The molecule has 0 aliphatic carbocycles. The zero-order chi connectivity index (χ0) is 17.9. The number of esters is 1. The van der Waals surface area contributed by atoms with Gasteiger partial charge < -0.3 is 14.6 Å². The molecule has 24 heavy (non-hydrogen) atoms. The maximum atomic E-state index is 12.4.